The topological polar surface area (TPSA) is 44.8 Å². The van der Waals surface area contributed by atoms with Crippen molar-refractivity contribution in [2.45, 2.75) is 19.8 Å². The van der Waals surface area contributed by atoms with E-state index in [1.165, 1.54) is 0 Å². The average molecular weight is 335 g/mol. The first-order chi connectivity index (χ1) is 11.0. The Labute approximate surface area is 143 Å². The molecule has 1 aliphatic heterocycles. The average Bonchev–Trinajstić information content (AvgIpc) is 2.55. The Morgan fingerprint density at radius 2 is 2.09 bits per heavy atom. The number of hydrogen-bond donors (Lipinski definition) is 1. The van der Waals surface area contributed by atoms with Gasteiger partial charge in [-0.25, -0.2) is 0 Å². The van der Waals surface area contributed by atoms with Crippen molar-refractivity contribution in [3.05, 3.63) is 24.3 Å². The number of nitrogens with one attached hydrogen (secondary N) is 1. The molecule has 1 unspecified atom stereocenters. The van der Waals surface area contributed by atoms with Crippen LogP contribution in [-0.4, -0.2) is 49.8 Å². The second-order valence-corrected chi connectivity index (χ2v) is 6.30. The maximum absolute atomic E-state index is 11.9. The molecule has 1 aromatic rings. The molecule has 1 atom stereocenters. The third-order valence-electron chi connectivity index (χ3n) is 3.96. The fourth-order valence-corrected chi connectivity index (χ4v) is 2.94. The summed E-state index contributed by atoms with van der Waals surface area (Å²) in [6, 6.07) is 8.11. The van der Waals surface area contributed by atoms with E-state index in [9.17, 15) is 4.79 Å². The smallest absolute Gasteiger partial charge is 0.310 e. The Kier molecular flexibility index (Phi) is 6.21. The van der Waals surface area contributed by atoms with Crippen molar-refractivity contribution in [3.63, 3.8) is 0 Å². The number of thiocarbonyl (C=S) groups is 1. The number of ether oxygens (including phenoxy) is 1. The number of nitrogens with zero attached hydrogens (tertiary/aromatic N) is 2. The molecule has 1 aliphatic rings. The van der Waals surface area contributed by atoms with E-state index in [4.69, 9.17) is 17.0 Å². The summed E-state index contributed by atoms with van der Waals surface area (Å²) in [7, 11) is 4.02. The molecule has 0 aromatic heterocycles. The van der Waals surface area contributed by atoms with Crippen molar-refractivity contribution < 1.29 is 9.53 Å². The summed E-state index contributed by atoms with van der Waals surface area (Å²) >= 11 is 5.50. The van der Waals surface area contributed by atoms with Gasteiger partial charge < -0.3 is 19.9 Å². The molecule has 0 spiro atoms. The zero-order valence-corrected chi connectivity index (χ0v) is 14.9. The molecule has 6 heteroatoms. The van der Waals surface area contributed by atoms with Gasteiger partial charge in [-0.05, 0) is 56.2 Å². The number of carbonyl (C=O) groups excluding carboxylic acids is 1. The Morgan fingerprint density at radius 1 is 1.39 bits per heavy atom. The van der Waals surface area contributed by atoms with Crippen molar-refractivity contribution in [1.29, 1.82) is 0 Å². The zero-order valence-electron chi connectivity index (χ0n) is 14.0. The van der Waals surface area contributed by atoms with E-state index >= 15 is 0 Å². The molecule has 0 saturated carbocycles. The van der Waals surface area contributed by atoms with E-state index in [1.807, 2.05) is 45.3 Å². The van der Waals surface area contributed by atoms with Crippen molar-refractivity contribution in [3.8, 4) is 0 Å². The lowest BCUT2D eigenvalue weighted by Gasteiger charge is -2.33. The summed E-state index contributed by atoms with van der Waals surface area (Å²) in [5.41, 5.74) is 2.10. The van der Waals surface area contributed by atoms with E-state index in [-0.39, 0.29) is 11.9 Å². The van der Waals surface area contributed by atoms with Gasteiger partial charge in [-0.2, -0.15) is 0 Å². The fraction of sp³-hybridized carbons (Fsp3) is 0.529. The summed E-state index contributed by atoms with van der Waals surface area (Å²) in [4.78, 5) is 16.0. The minimum absolute atomic E-state index is 0.0837. The molecular weight excluding hydrogens is 310 g/mol. The molecule has 1 saturated heterocycles. The van der Waals surface area contributed by atoms with E-state index in [2.05, 4.69) is 15.1 Å². The maximum atomic E-state index is 11.9. The van der Waals surface area contributed by atoms with Crippen LogP contribution in [-0.2, 0) is 9.53 Å². The highest BCUT2D eigenvalue weighted by Crippen LogP contribution is 2.20. The highest BCUT2D eigenvalue weighted by molar-refractivity contribution is 7.80. The zero-order chi connectivity index (χ0) is 16.8. The lowest BCUT2D eigenvalue weighted by molar-refractivity contribution is -0.149. The van der Waals surface area contributed by atoms with E-state index in [0.29, 0.717) is 18.3 Å². The maximum Gasteiger partial charge on any atom is 0.310 e. The molecule has 2 rings (SSSR count). The van der Waals surface area contributed by atoms with Crippen LogP contribution in [0.15, 0.2) is 24.3 Å². The van der Waals surface area contributed by atoms with Crippen LogP contribution in [0.1, 0.15) is 19.8 Å². The molecule has 0 radical (unpaired) electrons. The van der Waals surface area contributed by atoms with Crippen molar-refractivity contribution >= 4 is 34.7 Å². The summed E-state index contributed by atoms with van der Waals surface area (Å²) in [5, 5.41) is 3.92. The first-order valence-electron chi connectivity index (χ1n) is 8.01. The second kappa shape index (κ2) is 8.15. The van der Waals surface area contributed by atoms with Gasteiger partial charge in [0.15, 0.2) is 5.11 Å². The number of anilines is 2. The van der Waals surface area contributed by atoms with Gasteiger partial charge in [0.05, 0.1) is 12.5 Å². The van der Waals surface area contributed by atoms with Crippen LogP contribution in [0.2, 0.25) is 0 Å². The molecule has 1 fully saturated rings. The molecule has 0 bridgehead atoms. The number of benzene rings is 1. The first-order valence-corrected chi connectivity index (χ1v) is 8.42. The molecule has 126 valence electrons. The van der Waals surface area contributed by atoms with Crippen molar-refractivity contribution in [2.75, 3.05) is 44.0 Å². The van der Waals surface area contributed by atoms with E-state index in [0.717, 1.165) is 30.8 Å². The highest BCUT2D eigenvalue weighted by atomic mass is 32.1. The lowest BCUT2D eigenvalue weighted by Crippen LogP contribution is -2.44. The molecule has 0 amide bonds. The molecule has 0 aliphatic carbocycles. The van der Waals surface area contributed by atoms with Crippen LogP contribution in [0.4, 0.5) is 11.4 Å². The number of hydrogen-bond acceptors (Lipinski definition) is 4. The molecule has 1 N–H and O–H groups in total. The summed E-state index contributed by atoms with van der Waals surface area (Å²) in [6.07, 6.45) is 1.82. The predicted octanol–water partition coefficient (Wildman–Crippen LogP) is 2.72. The Bertz CT molecular complexity index is 545. The molecule has 1 aromatic carbocycles. The fourth-order valence-electron chi connectivity index (χ4n) is 2.66. The Morgan fingerprint density at radius 3 is 2.70 bits per heavy atom. The SMILES string of the molecule is CCOC(=O)C1CCCN(C(=S)Nc2ccc(N(C)C)cc2)C1. The minimum Gasteiger partial charge on any atom is -0.466 e. The van der Waals surface area contributed by atoms with Crippen LogP contribution in [0.3, 0.4) is 0 Å². The number of likely N-dealkylation sites (tertiary alicyclic amines) is 1. The van der Waals surface area contributed by atoms with Gasteiger partial charge >= 0.3 is 5.97 Å². The minimum atomic E-state index is -0.115. The van der Waals surface area contributed by atoms with Gasteiger partial charge in [-0.3, -0.25) is 4.79 Å². The first kappa shape index (κ1) is 17.5. The number of rotatable bonds is 4. The number of piperidine rings is 1. The largest absolute Gasteiger partial charge is 0.466 e. The van der Waals surface area contributed by atoms with Gasteiger partial charge in [-0.15, -0.1) is 0 Å². The van der Waals surface area contributed by atoms with Crippen molar-refractivity contribution in [1.82, 2.24) is 4.90 Å². The molecule has 1 heterocycles. The third-order valence-corrected chi connectivity index (χ3v) is 4.32. The van der Waals surface area contributed by atoms with Gasteiger partial charge in [0.25, 0.3) is 0 Å². The quantitative estimate of drug-likeness (QED) is 0.674. The van der Waals surface area contributed by atoms with Gasteiger partial charge in [-0.1, -0.05) is 0 Å². The number of esters is 1. The number of carbonyl (C=O) groups is 1. The van der Waals surface area contributed by atoms with Crippen LogP contribution in [0, 0.1) is 5.92 Å². The summed E-state index contributed by atoms with van der Waals surface area (Å²) < 4.78 is 5.13. The molecular formula is C17H25N3O2S. The van der Waals surface area contributed by atoms with Crippen LogP contribution >= 0.6 is 12.2 Å². The van der Waals surface area contributed by atoms with E-state index in [1.54, 1.807) is 0 Å². The van der Waals surface area contributed by atoms with Gasteiger partial charge in [0.2, 0.25) is 0 Å². The summed E-state index contributed by atoms with van der Waals surface area (Å²) in [6.45, 7) is 3.76. The van der Waals surface area contributed by atoms with Crippen molar-refractivity contribution in [2.24, 2.45) is 5.92 Å². The Balaban J connectivity index is 1.93. The normalized spacial score (nSPS) is 17.5. The standard InChI is InChI=1S/C17H25N3O2S/c1-4-22-16(21)13-6-5-11-20(12-13)17(23)18-14-7-9-15(10-8-14)19(2)3/h7-10,13H,4-6,11-12H2,1-3H3,(H,18,23). The van der Waals surface area contributed by atoms with Crippen LogP contribution in [0.25, 0.3) is 0 Å². The monoisotopic (exact) mass is 335 g/mol. The van der Waals surface area contributed by atoms with E-state index < -0.39 is 0 Å². The third kappa shape index (κ3) is 4.82. The second-order valence-electron chi connectivity index (χ2n) is 5.91. The molecule has 5 nitrogen and oxygen atoms in total. The summed E-state index contributed by atoms with van der Waals surface area (Å²) in [5.74, 6) is -0.199. The highest BCUT2D eigenvalue weighted by Gasteiger charge is 2.28. The predicted molar refractivity (Wildman–Crippen MR) is 97.9 cm³/mol. The Hall–Kier alpha value is -1.82. The van der Waals surface area contributed by atoms with Gasteiger partial charge in [0, 0.05) is 38.6 Å². The van der Waals surface area contributed by atoms with Crippen LogP contribution < -0.4 is 10.2 Å². The van der Waals surface area contributed by atoms with Gasteiger partial charge in [0.1, 0.15) is 0 Å². The lowest BCUT2D eigenvalue weighted by atomic mass is 9.98. The van der Waals surface area contributed by atoms with Crippen LogP contribution in [0.5, 0.6) is 0 Å². The molecule has 23 heavy (non-hydrogen) atoms.